The number of carbonyl (C=O) groups is 2. The predicted molar refractivity (Wildman–Crippen MR) is 83.3 cm³/mol. The number of nitrogens with one attached hydrogen (secondary N) is 1. The van der Waals surface area contributed by atoms with Crippen molar-refractivity contribution in [1.82, 2.24) is 4.98 Å². The zero-order valence-corrected chi connectivity index (χ0v) is 13.3. The van der Waals surface area contributed by atoms with Crippen molar-refractivity contribution in [2.24, 2.45) is 0 Å². The van der Waals surface area contributed by atoms with Gasteiger partial charge in [-0.1, -0.05) is 23.2 Å². The quantitative estimate of drug-likeness (QED) is 0.774. The van der Waals surface area contributed by atoms with Gasteiger partial charge in [0.05, 0.1) is 16.1 Å². The van der Waals surface area contributed by atoms with Gasteiger partial charge in [-0.25, -0.2) is 9.78 Å². The van der Waals surface area contributed by atoms with Gasteiger partial charge in [0.2, 0.25) is 0 Å². The predicted octanol–water partition coefficient (Wildman–Crippen LogP) is 4.10. The van der Waals surface area contributed by atoms with Crippen LogP contribution >= 0.6 is 39.1 Å². The number of carboxylic acid groups (broad SMARTS) is 1. The molecule has 2 aromatic rings. The van der Waals surface area contributed by atoms with Crippen molar-refractivity contribution in [3.8, 4) is 0 Å². The average molecular weight is 390 g/mol. The number of aromatic nitrogens is 1. The third-order valence-electron chi connectivity index (χ3n) is 2.50. The van der Waals surface area contributed by atoms with Gasteiger partial charge in [-0.05, 0) is 40.2 Å². The van der Waals surface area contributed by atoms with Crippen molar-refractivity contribution >= 4 is 56.7 Å². The Hall–Kier alpha value is -1.63. The maximum Gasteiger partial charge on any atom is 0.337 e. The van der Waals surface area contributed by atoms with Crippen molar-refractivity contribution in [2.45, 2.75) is 0 Å². The maximum atomic E-state index is 12.1. The number of halogens is 3. The van der Waals surface area contributed by atoms with Crippen LogP contribution in [0.3, 0.4) is 0 Å². The lowest BCUT2D eigenvalue weighted by molar-refractivity contribution is 0.0696. The molecule has 0 saturated heterocycles. The first kappa shape index (κ1) is 15.8. The summed E-state index contributed by atoms with van der Waals surface area (Å²) in [5.74, 6) is -1.69. The Morgan fingerprint density at radius 3 is 2.57 bits per heavy atom. The molecule has 0 spiro atoms. The highest BCUT2D eigenvalue weighted by atomic mass is 79.9. The highest BCUT2D eigenvalue weighted by Gasteiger charge is 2.14. The Morgan fingerprint density at radius 2 is 1.90 bits per heavy atom. The van der Waals surface area contributed by atoms with E-state index in [1.54, 1.807) is 0 Å². The van der Waals surface area contributed by atoms with Crippen LogP contribution in [0.15, 0.2) is 34.9 Å². The van der Waals surface area contributed by atoms with E-state index >= 15 is 0 Å². The van der Waals surface area contributed by atoms with E-state index in [1.807, 2.05) is 0 Å². The molecule has 0 radical (unpaired) electrons. The van der Waals surface area contributed by atoms with Crippen LogP contribution < -0.4 is 5.32 Å². The fourth-order valence-electron chi connectivity index (χ4n) is 1.55. The Balaban J connectivity index is 2.29. The topological polar surface area (TPSA) is 79.3 Å². The standard InChI is InChI=1S/C13H7BrCl2N2O3/c14-6-3-9(11(16)17-5-6)12(19)18-7-1-2-10(15)8(4-7)13(20)21/h1-5H,(H,18,19)(H,20,21). The number of pyridine rings is 1. The smallest absolute Gasteiger partial charge is 0.337 e. The Labute approximate surface area is 138 Å². The fraction of sp³-hybridized carbons (Fsp3) is 0. The Morgan fingerprint density at radius 1 is 1.19 bits per heavy atom. The zero-order chi connectivity index (χ0) is 15.6. The van der Waals surface area contributed by atoms with Crippen LogP contribution in [0.5, 0.6) is 0 Å². The number of aromatic carboxylic acids is 1. The summed E-state index contributed by atoms with van der Waals surface area (Å²) in [6.07, 6.45) is 1.46. The molecule has 1 aromatic carbocycles. The molecule has 1 heterocycles. The third-order valence-corrected chi connectivity index (χ3v) is 3.57. The first-order chi connectivity index (χ1) is 9.88. The van der Waals surface area contributed by atoms with Gasteiger partial charge < -0.3 is 10.4 Å². The second kappa shape index (κ2) is 6.43. The first-order valence-electron chi connectivity index (χ1n) is 5.53. The van der Waals surface area contributed by atoms with Crippen LogP contribution in [0.4, 0.5) is 5.69 Å². The van der Waals surface area contributed by atoms with Crippen molar-refractivity contribution in [1.29, 1.82) is 0 Å². The molecule has 2 N–H and O–H groups in total. The molecule has 0 aliphatic carbocycles. The van der Waals surface area contributed by atoms with Gasteiger partial charge in [0, 0.05) is 16.4 Å². The summed E-state index contributed by atoms with van der Waals surface area (Å²) in [5.41, 5.74) is 0.351. The van der Waals surface area contributed by atoms with Crippen LogP contribution in [0.1, 0.15) is 20.7 Å². The molecule has 21 heavy (non-hydrogen) atoms. The molecule has 1 aromatic heterocycles. The molecule has 0 fully saturated rings. The number of benzene rings is 1. The maximum absolute atomic E-state index is 12.1. The van der Waals surface area contributed by atoms with E-state index in [2.05, 4.69) is 26.2 Å². The number of hydrogen-bond donors (Lipinski definition) is 2. The van der Waals surface area contributed by atoms with E-state index in [1.165, 1.54) is 30.5 Å². The molecule has 0 aliphatic rings. The van der Waals surface area contributed by atoms with Gasteiger partial charge in [0.15, 0.2) is 0 Å². The lowest BCUT2D eigenvalue weighted by atomic mass is 10.2. The minimum atomic E-state index is -1.18. The molecule has 2 rings (SSSR count). The SMILES string of the molecule is O=C(O)c1cc(NC(=O)c2cc(Br)cnc2Cl)ccc1Cl. The fourth-order valence-corrected chi connectivity index (χ4v) is 2.27. The Bertz CT molecular complexity index is 737. The number of rotatable bonds is 3. The van der Waals surface area contributed by atoms with Crippen LogP contribution in [-0.2, 0) is 0 Å². The zero-order valence-electron chi connectivity index (χ0n) is 10.2. The van der Waals surface area contributed by atoms with E-state index in [0.717, 1.165) is 0 Å². The van der Waals surface area contributed by atoms with Gasteiger partial charge in [0.25, 0.3) is 5.91 Å². The highest BCUT2D eigenvalue weighted by molar-refractivity contribution is 9.10. The lowest BCUT2D eigenvalue weighted by Crippen LogP contribution is -2.13. The highest BCUT2D eigenvalue weighted by Crippen LogP contribution is 2.23. The van der Waals surface area contributed by atoms with Gasteiger partial charge in [-0.2, -0.15) is 0 Å². The van der Waals surface area contributed by atoms with Crippen LogP contribution in [0.25, 0.3) is 0 Å². The summed E-state index contributed by atoms with van der Waals surface area (Å²) in [6, 6.07) is 5.66. The number of anilines is 1. The third kappa shape index (κ3) is 3.72. The van der Waals surface area contributed by atoms with E-state index in [9.17, 15) is 9.59 Å². The minimum absolute atomic E-state index is 0.0446. The summed E-state index contributed by atoms with van der Waals surface area (Å²) >= 11 is 14.8. The van der Waals surface area contributed by atoms with Gasteiger partial charge in [0.1, 0.15) is 5.15 Å². The number of nitrogens with zero attached hydrogens (tertiary/aromatic N) is 1. The van der Waals surface area contributed by atoms with E-state index in [4.69, 9.17) is 28.3 Å². The number of amides is 1. The van der Waals surface area contributed by atoms with Crippen LogP contribution in [0, 0.1) is 0 Å². The monoisotopic (exact) mass is 388 g/mol. The molecule has 8 heteroatoms. The normalized spacial score (nSPS) is 10.2. The van der Waals surface area contributed by atoms with Gasteiger partial charge in [-0.3, -0.25) is 4.79 Å². The molecule has 108 valence electrons. The van der Waals surface area contributed by atoms with Crippen molar-refractivity contribution in [3.63, 3.8) is 0 Å². The number of carboxylic acids is 1. The first-order valence-corrected chi connectivity index (χ1v) is 7.08. The molecule has 1 amide bonds. The van der Waals surface area contributed by atoms with Crippen molar-refractivity contribution < 1.29 is 14.7 Å². The van der Waals surface area contributed by atoms with Gasteiger partial charge in [-0.15, -0.1) is 0 Å². The minimum Gasteiger partial charge on any atom is -0.478 e. The second-order valence-corrected chi connectivity index (χ2v) is 5.63. The summed E-state index contributed by atoms with van der Waals surface area (Å²) in [6.45, 7) is 0. The van der Waals surface area contributed by atoms with Crippen LogP contribution in [0.2, 0.25) is 10.2 Å². The number of hydrogen-bond acceptors (Lipinski definition) is 3. The van der Waals surface area contributed by atoms with E-state index < -0.39 is 11.9 Å². The van der Waals surface area contributed by atoms with Crippen molar-refractivity contribution in [2.75, 3.05) is 5.32 Å². The molecule has 0 aliphatic heterocycles. The van der Waals surface area contributed by atoms with Crippen molar-refractivity contribution in [3.05, 3.63) is 56.2 Å². The molecule has 5 nitrogen and oxygen atoms in total. The average Bonchev–Trinajstić information content (AvgIpc) is 2.43. The van der Waals surface area contributed by atoms with E-state index in [-0.39, 0.29) is 27.0 Å². The lowest BCUT2D eigenvalue weighted by Gasteiger charge is -2.08. The summed E-state index contributed by atoms with van der Waals surface area (Å²) in [4.78, 5) is 27.0. The molecule has 0 unspecified atom stereocenters. The van der Waals surface area contributed by atoms with E-state index in [0.29, 0.717) is 4.47 Å². The summed E-state index contributed by atoms with van der Waals surface area (Å²) in [7, 11) is 0. The number of carbonyl (C=O) groups excluding carboxylic acids is 1. The molecule has 0 bridgehead atoms. The second-order valence-electron chi connectivity index (χ2n) is 3.95. The molecular weight excluding hydrogens is 383 g/mol. The summed E-state index contributed by atoms with van der Waals surface area (Å²) < 4.78 is 0.597. The van der Waals surface area contributed by atoms with Gasteiger partial charge >= 0.3 is 5.97 Å². The Kier molecular flexibility index (Phi) is 4.82. The molecular formula is C13H7BrCl2N2O3. The van der Waals surface area contributed by atoms with Crippen LogP contribution in [-0.4, -0.2) is 22.0 Å². The molecule has 0 saturated carbocycles. The largest absolute Gasteiger partial charge is 0.478 e. The summed E-state index contributed by atoms with van der Waals surface area (Å²) in [5, 5.41) is 11.7. The molecule has 0 atom stereocenters.